The standard InChI is InChI=1S/C19H23NO3S/c1-15(24(2,22)23)19(21)20-18(17-11-7-4-8-12-17)14-13-16-9-5-3-6-10-16/h3-12,15,18H,13-14H2,1-2H3,(H,20,21)/t15-,18+/m1/s1. The molecule has 2 aromatic rings. The largest absolute Gasteiger partial charge is 0.348 e. The van der Waals surface area contributed by atoms with E-state index in [0.717, 1.165) is 18.2 Å². The molecular formula is C19H23NO3S. The SMILES string of the molecule is C[C@H](C(=O)N[C@@H](CCc1ccccc1)c1ccccc1)S(C)(=O)=O. The van der Waals surface area contributed by atoms with Gasteiger partial charge in [-0.25, -0.2) is 8.42 Å². The zero-order valence-corrected chi connectivity index (χ0v) is 14.8. The molecule has 5 heteroatoms. The number of aryl methyl sites for hydroxylation is 1. The van der Waals surface area contributed by atoms with E-state index in [1.54, 1.807) is 0 Å². The monoisotopic (exact) mass is 345 g/mol. The average molecular weight is 345 g/mol. The first-order valence-electron chi connectivity index (χ1n) is 7.96. The lowest BCUT2D eigenvalue weighted by molar-refractivity contribution is -0.121. The van der Waals surface area contributed by atoms with E-state index < -0.39 is 21.0 Å². The predicted molar refractivity (Wildman–Crippen MR) is 96.4 cm³/mol. The lowest BCUT2D eigenvalue weighted by Gasteiger charge is -2.21. The van der Waals surface area contributed by atoms with Gasteiger partial charge in [0.15, 0.2) is 9.84 Å². The second kappa shape index (κ2) is 8.11. The summed E-state index contributed by atoms with van der Waals surface area (Å²) in [6.07, 6.45) is 2.59. The molecule has 0 saturated heterocycles. The first-order chi connectivity index (χ1) is 11.4. The summed E-state index contributed by atoms with van der Waals surface area (Å²) in [6, 6.07) is 19.4. The van der Waals surface area contributed by atoms with Gasteiger partial charge in [-0.05, 0) is 30.9 Å². The molecule has 0 aliphatic heterocycles. The van der Waals surface area contributed by atoms with Gasteiger partial charge in [0.05, 0.1) is 6.04 Å². The molecule has 0 aliphatic carbocycles. The molecular weight excluding hydrogens is 322 g/mol. The number of amides is 1. The molecule has 0 bridgehead atoms. The van der Waals surface area contributed by atoms with Crippen LogP contribution in [0.15, 0.2) is 60.7 Å². The maximum atomic E-state index is 12.3. The van der Waals surface area contributed by atoms with Crippen LogP contribution < -0.4 is 5.32 Å². The Labute approximate surface area is 143 Å². The van der Waals surface area contributed by atoms with Gasteiger partial charge in [0.25, 0.3) is 0 Å². The number of hydrogen-bond acceptors (Lipinski definition) is 3. The molecule has 0 unspecified atom stereocenters. The highest BCUT2D eigenvalue weighted by atomic mass is 32.2. The van der Waals surface area contributed by atoms with Crippen molar-refractivity contribution in [1.29, 1.82) is 0 Å². The van der Waals surface area contributed by atoms with Crippen LogP contribution in [0.5, 0.6) is 0 Å². The summed E-state index contributed by atoms with van der Waals surface area (Å²) in [6.45, 7) is 1.42. The van der Waals surface area contributed by atoms with Crippen molar-refractivity contribution in [2.45, 2.75) is 31.1 Å². The van der Waals surface area contributed by atoms with Crippen LogP contribution in [0.1, 0.15) is 30.5 Å². The van der Waals surface area contributed by atoms with E-state index in [9.17, 15) is 13.2 Å². The topological polar surface area (TPSA) is 63.2 Å². The molecule has 2 atom stereocenters. The summed E-state index contributed by atoms with van der Waals surface area (Å²) in [7, 11) is -3.41. The summed E-state index contributed by atoms with van der Waals surface area (Å²) in [5.41, 5.74) is 2.16. The van der Waals surface area contributed by atoms with Gasteiger partial charge in [0.2, 0.25) is 5.91 Å². The molecule has 0 aliphatic rings. The van der Waals surface area contributed by atoms with Crippen LogP contribution in [0.25, 0.3) is 0 Å². The van der Waals surface area contributed by atoms with Crippen molar-refractivity contribution in [2.75, 3.05) is 6.26 Å². The Kier molecular flexibility index (Phi) is 6.15. The van der Waals surface area contributed by atoms with Gasteiger partial charge >= 0.3 is 0 Å². The molecule has 0 spiro atoms. The Morgan fingerprint density at radius 3 is 2.08 bits per heavy atom. The number of rotatable bonds is 7. The fourth-order valence-electron chi connectivity index (χ4n) is 2.45. The van der Waals surface area contributed by atoms with Gasteiger partial charge in [0, 0.05) is 6.26 Å². The maximum absolute atomic E-state index is 12.3. The fourth-order valence-corrected chi connectivity index (χ4v) is 2.90. The van der Waals surface area contributed by atoms with Crippen LogP contribution in [0.3, 0.4) is 0 Å². The third-order valence-corrected chi connectivity index (χ3v) is 5.59. The molecule has 1 N–H and O–H groups in total. The van der Waals surface area contributed by atoms with Crippen LogP contribution in [-0.2, 0) is 21.1 Å². The maximum Gasteiger partial charge on any atom is 0.238 e. The number of benzene rings is 2. The number of carbonyl (C=O) groups is 1. The van der Waals surface area contributed by atoms with Crippen molar-refractivity contribution < 1.29 is 13.2 Å². The highest BCUT2D eigenvalue weighted by Gasteiger charge is 2.26. The minimum atomic E-state index is -3.41. The van der Waals surface area contributed by atoms with Crippen LogP contribution in [0, 0.1) is 0 Å². The minimum Gasteiger partial charge on any atom is -0.348 e. The van der Waals surface area contributed by atoms with Gasteiger partial charge in [0.1, 0.15) is 5.25 Å². The van der Waals surface area contributed by atoms with E-state index in [1.807, 2.05) is 60.7 Å². The highest BCUT2D eigenvalue weighted by Crippen LogP contribution is 2.20. The van der Waals surface area contributed by atoms with Gasteiger partial charge in [-0.3, -0.25) is 4.79 Å². The Morgan fingerprint density at radius 1 is 1.00 bits per heavy atom. The van der Waals surface area contributed by atoms with E-state index >= 15 is 0 Å². The second-order valence-electron chi connectivity index (χ2n) is 5.97. The first-order valence-corrected chi connectivity index (χ1v) is 9.91. The van der Waals surface area contributed by atoms with Gasteiger partial charge in [-0.1, -0.05) is 60.7 Å². The number of sulfone groups is 1. The third-order valence-electron chi connectivity index (χ3n) is 4.09. The molecule has 24 heavy (non-hydrogen) atoms. The summed E-state index contributed by atoms with van der Waals surface area (Å²) >= 11 is 0. The molecule has 0 radical (unpaired) electrons. The second-order valence-corrected chi connectivity index (χ2v) is 8.33. The average Bonchev–Trinajstić information content (AvgIpc) is 2.58. The highest BCUT2D eigenvalue weighted by molar-refractivity contribution is 7.92. The van der Waals surface area contributed by atoms with Crippen molar-refractivity contribution in [3.05, 3.63) is 71.8 Å². The molecule has 4 nitrogen and oxygen atoms in total. The Morgan fingerprint density at radius 2 is 1.54 bits per heavy atom. The van der Waals surface area contributed by atoms with Crippen LogP contribution >= 0.6 is 0 Å². The van der Waals surface area contributed by atoms with Crippen LogP contribution in [0.2, 0.25) is 0 Å². The molecule has 0 fully saturated rings. The molecule has 0 saturated carbocycles. The number of nitrogens with one attached hydrogen (secondary N) is 1. The van der Waals surface area contributed by atoms with E-state index in [0.29, 0.717) is 6.42 Å². The van der Waals surface area contributed by atoms with Crippen molar-refractivity contribution in [3.63, 3.8) is 0 Å². The zero-order chi connectivity index (χ0) is 17.6. The van der Waals surface area contributed by atoms with Crippen molar-refractivity contribution in [3.8, 4) is 0 Å². The summed E-state index contributed by atoms with van der Waals surface area (Å²) < 4.78 is 23.2. The lowest BCUT2D eigenvalue weighted by atomic mass is 9.99. The smallest absolute Gasteiger partial charge is 0.238 e. The molecule has 0 aromatic heterocycles. The van der Waals surface area contributed by atoms with E-state index in [1.165, 1.54) is 12.5 Å². The first kappa shape index (κ1) is 18.2. The third kappa shape index (κ3) is 5.20. The molecule has 128 valence electrons. The van der Waals surface area contributed by atoms with Gasteiger partial charge in [-0.15, -0.1) is 0 Å². The molecule has 2 rings (SSSR count). The van der Waals surface area contributed by atoms with E-state index in [2.05, 4.69) is 5.32 Å². The molecule has 2 aromatic carbocycles. The predicted octanol–water partition coefficient (Wildman–Crippen LogP) is 2.91. The van der Waals surface area contributed by atoms with Crippen molar-refractivity contribution in [1.82, 2.24) is 5.32 Å². The Bertz CT molecular complexity index is 758. The van der Waals surface area contributed by atoms with Crippen molar-refractivity contribution in [2.24, 2.45) is 0 Å². The summed E-state index contributed by atoms with van der Waals surface area (Å²) in [5.74, 6) is -0.459. The number of hydrogen-bond donors (Lipinski definition) is 1. The van der Waals surface area contributed by atoms with Gasteiger partial charge < -0.3 is 5.32 Å². The summed E-state index contributed by atoms with van der Waals surface area (Å²) in [4.78, 5) is 12.3. The van der Waals surface area contributed by atoms with Gasteiger partial charge in [-0.2, -0.15) is 0 Å². The Balaban J connectivity index is 2.13. The lowest BCUT2D eigenvalue weighted by Crippen LogP contribution is -2.39. The zero-order valence-electron chi connectivity index (χ0n) is 14.0. The van der Waals surface area contributed by atoms with Crippen LogP contribution in [-0.4, -0.2) is 25.8 Å². The minimum absolute atomic E-state index is 0.219. The number of carbonyl (C=O) groups excluding carboxylic acids is 1. The van der Waals surface area contributed by atoms with E-state index in [4.69, 9.17) is 0 Å². The van der Waals surface area contributed by atoms with E-state index in [-0.39, 0.29) is 6.04 Å². The Hall–Kier alpha value is -2.14. The van der Waals surface area contributed by atoms with Crippen LogP contribution in [0.4, 0.5) is 0 Å². The molecule has 1 amide bonds. The van der Waals surface area contributed by atoms with Crippen molar-refractivity contribution >= 4 is 15.7 Å². The quantitative estimate of drug-likeness (QED) is 0.839. The molecule has 0 heterocycles. The summed E-state index contributed by atoms with van der Waals surface area (Å²) in [5, 5.41) is 1.84. The fraction of sp³-hybridized carbons (Fsp3) is 0.316. The normalized spacial score (nSPS) is 13.9.